The normalized spacial score (nSPS) is 17.3. The SMILES string of the molecule is CCOc1ccnc2ccc(C/C=C3\SC(=N[C@@H](CO)c4ccccc4)NC3=O)cc12. The summed E-state index contributed by atoms with van der Waals surface area (Å²) in [4.78, 5) is 21.9. The largest absolute Gasteiger partial charge is 0.493 e. The number of carbonyl (C=O) groups is 1. The van der Waals surface area contributed by atoms with Crippen molar-refractivity contribution in [2.75, 3.05) is 13.2 Å². The first-order valence-corrected chi connectivity index (χ1v) is 10.9. The van der Waals surface area contributed by atoms with Crippen LogP contribution in [0.25, 0.3) is 10.9 Å². The van der Waals surface area contributed by atoms with Crippen LogP contribution in [-0.2, 0) is 11.2 Å². The van der Waals surface area contributed by atoms with Crippen LogP contribution in [0.4, 0.5) is 0 Å². The van der Waals surface area contributed by atoms with E-state index in [9.17, 15) is 9.90 Å². The fraction of sp³-hybridized carbons (Fsp3) is 0.208. The first-order chi connectivity index (χ1) is 15.2. The number of hydrogen-bond donors (Lipinski definition) is 2. The van der Waals surface area contributed by atoms with Gasteiger partial charge in [-0.05, 0) is 54.4 Å². The van der Waals surface area contributed by atoms with Crippen molar-refractivity contribution in [2.45, 2.75) is 19.4 Å². The molecule has 0 unspecified atom stereocenters. The lowest BCUT2D eigenvalue weighted by molar-refractivity contribution is -0.115. The van der Waals surface area contributed by atoms with Gasteiger partial charge in [0.1, 0.15) is 11.8 Å². The molecule has 1 saturated heterocycles. The van der Waals surface area contributed by atoms with Crippen LogP contribution in [0.3, 0.4) is 0 Å². The van der Waals surface area contributed by atoms with E-state index in [0.717, 1.165) is 27.8 Å². The molecular weight excluding hydrogens is 410 g/mol. The van der Waals surface area contributed by atoms with Gasteiger partial charge in [0.05, 0.1) is 23.6 Å². The summed E-state index contributed by atoms with van der Waals surface area (Å²) in [6.07, 6.45) is 4.24. The average molecular weight is 434 g/mol. The maximum atomic E-state index is 12.4. The number of nitrogens with one attached hydrogen (secondary N) is 1. The molecule has 1 aliphatic heterocycles. The Morgan fingerprint density at radius 1 is 1.23 bits per heavy atom. The van der Waals surface area contributed by atoms with E-state index >= 15 is 0 Å². The number of nitrogens with zero attached hydrogens (tertiary/aromatic N) is 2. The van der Waals surface area contributed by atoms with Gasteiger partial charge in [0, 0.05) is 11.6 Å². The summed E-state index contributed by atoms with van der Waals surface area (Å²) in [6.45, 7) is 2.41. The number of amides is 1. The molecule has 1 aromatic heterocycles. The van der Waals surface area contributed by atoms with Gasteiger partial charge in [-0.15, -0.1) is 0 Å². The highest BCUT2D eigenvalue weighted by molar-refractivity contribution is 8.18. The van der Waals surface area contributed by atoms with E-state index < -0.39 is 6.04 Å². The molecule has 31 heavy (non-hydrogen) atoms. The molecule has 0 spiro atoms. The highest BCUT2D eigenvalue weighted by Gasteiger charge is 2.24. The van der Waals surface area contributed by atoms with Crippen LogP contribution in [0.15, 0.2) is 76.8 Å². The van der Waals surface area contributed by atoms with E-state index in [-0.39, 0.29) is 12.5 Å². The van der Waals surface area contributed by atoms with Crippen LogP contribution in [0.2, 0.25) is 0 Å². The van der Waals surface area contributed by atoms with E-state index in [2.05, 4.69) is 15.3 Å². The molecule has 0 radical (unpaired) electrons. The third-order valence-electron chi connectivity index (χ3n) is 4.87. The number of ether oxygens (including phenoxy) is 1. The molecule has 6 nitrogen and oxygen atoms in total. The molecule has 7 heteroatoms. The minimum Gasteiger partial charge on any atom is -0.493 e. The maximum Gasteiger partial charge on any atom is 0.263 e. The molecule has 1 atom stereocenters. The number of pyridine rings is 1. The molecule has 4 rings (SSSR count). The van der Waals surface area contributed by atoms with Crippen molar-refractivity contribution in [3.05, 3.63) is 82.9 Å². The van der Waals surface area contributed by atoms with Crippen LogP contribution in [-0.4, -0.2) is 34.4 Å². The summed E-state index contributed by atoms with van der Waals surface area (Å²) in [5.41, 5.74) is 2.84. The second kappa shape index (κ2) is 9.76. The van der Waals surface area contributed by atoms with Gasteiger partial charge in [0.25, 0.3) is 5.91 Å². The Balaban J connectivity index is 1.51. The number of hydrogen-bond acceptors (Lipinski definition) is 6. The van der Waals surface area contributed by atoms with Crippen molar-refractivity contribution >= 4 is 33.7 Å². The van der Waals surface area contributed by atoms with Crippen molar-refractivity contribution < 1.29 is 14.6 Å². The molecule has 1 fully saturated rings. The zero-order valence-corrected chi connectivity index (χ0v) is 17.9. The number of benzene rings is 2. The van der Waals surface area contributed by atoms with Gasteiger partial charge in [-0.25, -0.2) is 0 Å². The topological polar surface area (TPSA) is 83.8 Å². The van der Waals surface area contributed by atoms with E-state index in [1.54, 1.807) is 6.20 Å². The van der Waals surface area contributed by atoms with Gasteiger partial charge in [0.2, 0.25) is 0 Å². The van der Waals surface area contributed by atoms with Gasteiger partial charge in [0.15, 0.2) is 5.17 Å². The number of amidine groups is 1. The Hall–Kier alpha value is -3.16. The van der Waals surface area contributed by atoms with Crippen LogP contribution in [0, 0.1) is 0 Å². The molecule has 2 aromatic carbocycles. The Kier molecular flexibility index (Phi) is 6.64. The minimum absolute atomic E-state index is 0.129. The van der Waals surface area contributed by atoms with Crippen molar-refractivity contribution in [1.29, 1.82) is 0 Å². The minimum atomic E-state index is -0.409. The molecule has 0 aliphatic carbocycles. The summed E-state index contributed by atoms with van der Waals surface area (Å²) in [6, 6.07) is 17.0. The number of aliphatic imine (C=N–C) groups is 1. The maximum absolute atomic E-state index is 12.4. The highest BCUT2D eigenvalue weighted by Crippen LogP contribution is 2.29. The lowest BCUT2D eigenvalue weighted by Gasteiger charge is -2.10. The Bertz CT molecular complexity index is 1150. The molecule has 158 valence electrons. The van der Waals surface area contributed by atoms with Crippen molar-refractivity contribution in [3.8, 4) is 5.75 Å². The zero-order valence-electron chi connectivity index (χ0n) is 17.1. The number of carbonyl (C=O) groups excluding carboxylic acids is 1. The Morgan fingerprint density at radius 3 is 2.84 bits per heavy atom. The number of aromatic nitrogens is 1. The Morgan fingerprint density at radius 2 is 2.06 bits per heavy atom. The van der Waals surface area contributed by atoms with Crippen molar-refractivity contribution in [1.82, 2.24) is 10.3 Å². The fourth-order valence-electron chi connectivity index (χ4n) is 3.35. The quantitative estimate of drug-likeness (QED) is 0.550. The fourth-order valence-corrected chi connectivity index (χ4v) is 4.19. The highest BCUT2D eigenvalue weighted by atomic mass is 32.2. The molecule has 0 bridgehead atoms. The zero-order chi connectivity index (χ0) is 21.6. The summed E-state index contributed by atoms with van der Waals surface area (Å²) >= 11 is 1.29. The summed E-state index contributed by atoms with van der Waals surface area (Å²) in [5, 5.41) is 14.0. The number of aliphatic hydroxyl groups is 1. The average Bonchev–Trinajstić information content (AvgIpc) is 3.16. The van der Waals surface area contributed by atoms with Gasteiger partial charge in [-0.3, -0.25) is 14.8 Å². The number of fused-ring (bicyclic) bond motifs is 1. The van der Waals surface area contributed by atoms with Gasteiger partial charge in [-0.1, -0.05) is 42.5 Å². The van der Waals surface area contributed by atoms with Gasteiger partial charge >= 0.3 is 0 Å². The van der Waals surface area contributed by atoms with E-state index in [1.165, 1.54) is 11.8 Å². The predicted octanol–water partition coefficient (Wildman–Crippen LogP) is 4.01. The first-order valence-electron chi connectivity index (χ1n) is 10.1. The molecule has 1 aliphatic rings. The lowest BCUT2D eigenvalue weighted by atomic mass is 10.1. The van der Waals surface area contributed by atoms with Crippen LogP contribution in [0.5, 0.6) is 5.75 Å². The van der Waals surface area contributed by atoms with Gasteiger partial charge < -0.3 is 15.2 Å². The van der Waals surface area contributed by atoms with Crippen molar-refractivity contribution in [3.63, 3.8) is 0 Å². The predicted molar refractivity (Wildman–Crippen MR) is 124 cm³/mol. The molecule has 3 aromatic rings. The summed E-state index contributed by atoms with van der Waals surface area (Å²) in [7, 11) is 0. The smallest absolute Gasteiger partial charge is 0.263 e. The Labute approximate surface area is 185 Å². The van der Waals surface area contributed by atoms with E-state index in [4.69, 9.17) is 4.74 Å². The number of rotatable bonds is 7. The van der Waals surface area contributed by atoms with E-state index in [1.807, 2.05) is 67.6 Å². The molecule has 2 heterocycles. The standard InChI is InChI=1S/C24H23N3O3S/c1-2-30-21-12-13-25-19-10-8-16(14-18(19)21)9-11-22-23(29)27-24(31-22)26-20(15-28)17-6-4-3-5-7-17/h3-8,10-14,20,28H,2,9,15H2,1H3,(H,26,27,29)/b22-11-/t20-/m0/s1. The summed E-state index contributed by atoms with van der Waals surface area (Å²) < 4.78 is 5.71. The molecular formula is C24H23N3O3S. The second-order valence-electron chi connectivity index (χ2n) is 6.97. The molecule has 0 saturated carbocycles. The second-order valence-corrected chi connectivity index (χ2v) is 8.00. The van der Waals surface area contributed by atoms with Crippen molar-refractivity contribution in [2.24, 2.45) is 4.99 Å². The number of allylic oxidation sites excluding steroid dienone is 1. The van der Waals surface area contributed by atoms with Crippen LogP contribution in [0.1, 0.15) is 24.1 Å². The molecule has 1 amide bonds. The monoisotopic (exact) mass is 433 g/mol. The number of thioether (sulfide) groups is 1. The third kappa shape index (κ3) is 4.95. The number of aliphatic hydroxyl groups excluding tert-OH is 1. The molecule has 2 N–H and O–H groups in total. The lowest BCUT2D eigenvalue weighted by Crippen LogP contribution is -2.21. The van der Waals surface area contributed by atoms with Crippen LogP contribution < -0.4 is 10.1 Å². The van der Waals surface area contributed by atoms with Crippen LogP contribution >= 0.6 is 11.8 Å². The first kappa shape index (κ1) is 21.1. The third-order valence-corrected chi connectivity index (χ3v) is 5.84. The van der Waals surface area contributed by atoms with E-state index in [0.29, 0.717) is 23.1 Å². The summed E-state index contributed by atoms with van der Waals surface area (Å²) in [5.74, 6) is 0.631. The van der Waals surface area contributed by atoms with Gasteiger partial charge in [-0.2, -0.15) is 0 Å².